The Balaban J connectivity index is 1.78. The van der Waals surface area contributed by atoms with Gasteiger partial charge in [0, 0.05) is 35.9 Å². The van der Waals surface area contributed by atoms with E-state index in [4.69, 9.17) is 0 Å². The van der Waals surface area contributed by atoms with Crippen LogP contribution in [0.15, 0.2) is 16.7 Å². The second kappa shape index (κ2) is 5.65. The van der Waals surface area contributed by atoms with Gasteiger partial charge in [0.25, 0.3) is 0 Å². The third-order valence-electron chi connectivity index (χ3n) is 4.13. The number of aromatic nitrogens is 1. The molecule has 2 aliphatic rings. The van der Waals surface area contributed by atoms with E-state index in [0.29, 0.717) is 16.3 Å². The van der Waals surface area contributed by atoms with Gasteiger partial charge in [0.15, 0.2) is 0 Å². The van der Waals surface area contributed by atoms with E-state index >= 15 is 0 Å². The third kappa shape index (κ3) is 2.64. The van der Waals surface area contributed by atoms with Crippen LogP contribution in [0, 0.1) is 10.1 Å². The molecular weight excluding hydrogens is 324 g/mol. The second-order valence-corrected chi connectivity index (χ2v) is 6.30. The van der Waals surface area contributed by atoms with Gasteiger partial charge in [0.1, 0.15) is 0 Å². The zero-order valence-corrected chi connectivity index (χ0v) is 12.8. The van der Waals surface area contributed by atoms with Crippen LogP contribution in [-0.4, -0.2) is 47.0 Å². The zero-order valence-electron chi connectivity index (χ0n) is 11.2. The number of pyridine rings is 1. The lowest BCUT2D eigenvalue weighted by Gasteiger charge is -2.23. The van der Waals surface area contributed by atoms with Crippen LogP contribution in [0.25, 0.3) is 0 Å². The summed E-state index contributed by atoms with van der Waals surface area (Å²) >= 11 is 3.25. The van der Waals surface area contributed by atoms with E-state index in [-0.39, 0.29) is 10.6 Å². The van der Waals surface area contributed by atoms with E-state index in [1.54, 1.807) is 6.20 Å². The van der Waals surface area contributed by atoms with Gasteiger partial charge in [-0.2, -0.15) is 0 Å². The van der Waals surface area contributed by atoms with E-state index in [2.05, 4.69) is 25.8 Å². The van der Waals surface area contributed by atoms with Crippen molar-refractivity contribution in [3.63, 3.8) is 0 Å². The lowest BCUT2D eigenvalue weighted by Crippen LogP contribution is -2.35. The molecule has 0 N–H and O–H groups in total. The summed E-state index contributed by atoms with van der Waals surface area (Å²) in [5, 5.41) is 11.2. The minimum atomic E-state index is -0.351. The number of likely N-dealkylation sites (tertiary alicyclic amines) is 1. The van der Waals surface area contributed by atoms with Crippen molar-refractivity contribution in [3.05, 3.63) is 26.9 Å². The minimum Gasteiger partial charge on any atom is -0.349 e. The maximum Gasteiger partial charge on any atom is 0.312 e. The molecule has 3 rings (SSSR count). The third-order valence-corrected chi connectivity index (χ3v) is 4.56. The quantitative estimate of drug-likeness (QED) is 0.624. The molecule has 1 aromatic heterocycles. The molecule has 0 radical (unpaired) electrons. The molecule has 1 unspecified atom stereocenters. The Bertz CT molecular complexity index is 519. The molecule has 0 aliphatic carbocycles. The summed E-state index contributed by atoms with van der Waals surface area (Å²) in [5.41, 5.74) is 0.0847. The molecule has 0 bridgehead atoms. The Morgan fingerprint density at radius 3 is 2.80 bits per heavy atom. The number of nitro groups is 1. The van der Waals surface area contributed by atoms with Crippen molar-refractivity contribution in [3.8, 4) is 0 Å². The van der Waals surface area contributed by atoms with E-state index < -0.39 is 0 Å². The predicted molar refractivity (Wildman–Crippen MR) is 80.0 cm³/mol. The van der Waals surface area contributed by atoms with Gasteiger partial charge in [-0.3, -0.25) is 15.0 Å². The average Bonchev–Trinajstić information content (AvgIpc) is 3.09. The van der Waals surface area contributed by atoms with Crippen molar-refractivity contribution in [1.29, 1.82) is 0 Å². The first kappa shape index (κ1) is 13.8. The number of halogens is 1. The first-order chi connectivity index (χ1) is 9.65. The summed E-state index contributed by atoms with van der Waals surface area (Å²) in [5.74, 6) is 0.500. The van der Waals surface area contributed by atoms with Gasteiger partial charge in [-0.25, -0.2) is 4.98 Å². The Kier molecular flexibility index (Phi) is 3.89. The summed E-state index contributed by atoms with van der Waals surface area (Å²) in [4.78, 5) is 19.6. The Labute approximate surface area is 126 Å². The zero-order chi connectivity index (χ0) is 14.1. The van der Waals surface area contributed by atoms with Crippen LogP contribution < -0.4 is 4.90 Å². The minimum absolute atomic E-state index is 0.0847. The standard InChI is InChI=1S/C13H17BrN4O2/c14-10-7-12(18(19)20)13(15-8-10)17-6-3-11(9-17)16-4-1-2-5-16/h7-8,11H,1-6,9H2. The molecule has 2 fully saturated rings. The maximum absolute atomic E-state index is 11.2. The van der Waals surface area contributed by atoms with E-state index in [1.165, 1.54) is 18.9 Å². The van der Waals surface area contributed by atoms with Gasteiger partial charge in [0.05, 0.1) is 4.92 Å². The van der Waals surface area contributed by atoms with Crippen molar-refractivity contribution in [1.82, 2.24) is 9.88 Å². The molecule has 3 heterocycles. The normalized spacial score (nSPS) is 23.4. The fourth-order valence-electron chi connectivity index (χ4n) is 3.14. The Hall–Kier alpha value is -1.21. The highest BCUT2D eigenvalue weighted by Gasteiger charge is 2.32. The summed E-state index contributed by atoms with van der Waals surface area (Å²) < 4.78 is 0.642. The van der Waals surface area contributed by atoms with Crippen LogP contribution in [0.3, 0.4) is 0 Å². The smallest absolute Gasteiger partial charge is 0.312 e. The summed E-state index contributed by atoms with van der Waals surface area (Å²) in [6, 6.07) is 2.05. The average molecular weight is 341 g/mol. The van der Waals surface area contributed by atoms with Crippen molar-refractivity contribution in [2.24, 2.45) is 0 Å². The first-order valence-electron chi connectivity index (χ1n) is 6.94. The molecule has 0 saturated carbocycles. The van der Waals surface area contributed by atoms with Gasteiger partial charge < -0.3 is 4.90 Å². The molecule has 108 valence electrons. The lowest BCUT2D eigenvalue weighted by atomic mass is 10.2. The largest absolute Gasteiger partial charge is 0.349 e. The molecular formula is C13H17BrN4O2. The molecule has 0 aromatic carbocycles. The summed E-state index contributed by atoms with van der Waals surface area (Å²) in [6.45, 7) is 4.01. The Morgan fingerprint density at radius 2 is 2.10 bits per heavy atom. The summed E-state index contributed by atoms with van der Waals surface area (Å²) in [6.07, 6.45) is 5.24. The highest BCUT2D eigenvalue weighted by molar-refractivity contribution is 9.10. The molecule has 0 amide bonds. The van der Waals surface area contributed by atoms with Gasteiger partial charge in [0.2, 0.25) is 5.82 Å². The van der Waals surface area contributed by atoms with Crippen LogP contribution in [0.4, 0.5) is 11.5 Å². The van der Waals surface area contributed by atoms with Crippen molar-refractivity contribution in [2.75, 3.05) is 31.1 Å². The topological polar surface area (TPSA) is 62.5 Å². The molecule has 7 heteroatoms. The molecule has 2 saturated heterocycles. The fourth-order valence-corrected chi connectivity index (χ4v) is 3.46. The van der Waals surface area contributed by atoms with Gasteiger partial charge in [-0.05, 0) is 48.3 Å². The summed E-state index contributed by atoms with van der Waals surface area (Å²) in [7, 11) is 0. The predicted octanol–water partition coefficient (Wildman–Crippen LogP) is 2.43. The first-order valence-corrected chi connectivity index (χ1v) is 7.73. The van der Waals surface area contributed by atoms with E-state index in [1.807, 2.05) is 4.90 Å². The lowest BCUT2D eigenvalue weighted by molar-refractivity contribution is -0.384. The van der Waals surface area contributed by atoms with Crippen molar-refractivity contribution >= 4 is 27.4 Å². The van der Waals surface area contributed by atoms with E-state index in [9.17, 15) is 10.1 Å². The molecule has 20 heavy (non-hydrogen) atoms. The molecule has 2 aliphatic heterocycles. The highest BCUT2D eigenvalue weighted by atomic mass is 79.9. The van der Waals surface area contributed by atoms with E-state index in [0.717, 1.165) is 32.6 Å². The fraction of sp³-hybridized carbons (Fsp3) is 0.615. The monoisotopic (exact) mass is 340 g/mol. The molecule has 6 nitrogen and oxygen atoms in total. The van der Waals surface area contributed by atoms with Crippen molar-refractivity contribution in [2.45, 2.75) is 25.3 Å². The molecule has 0 spiro atoms. The SMILES string of the molecule is O=[N+]([O-])c1cc(Br)cnc1N1CCC(N2CCCC2)C1. The van der Waals surface area contributed by atoms with Crippen LogP contribution >= 0.6 is 15.9 Å². The Morgan fingerprint density at radius 1 is 1.35 bits per heavy atom. The van der Waals surface area contributed by atoms with Crippen LogP contribution in [0.2, 0.25) is 0 Å². The van der Waals surface area contributed by atoms with Crippen molar-refractivity contribution < 1.29 is 4.92 Å². The van der Waals surface area contributed by atoms with Crippen LogP contribution in [0.1, 0.15) is 19.3 Å². The van der Waals surface area contributed by atoms with Gasteiger partial charge in [-0.1, -0.05) is 0 Å². The number of nitrogens with zero attached hydrogens (tertiary/aromatic N) is 4. The maximum atomic E-state index is 11.2. The van der Waals surface area contributed by atoms with Gasteiger partial charge >= 0.3 is 5.69 Å². The highest BCUT2D eigenvalue weighted by Crippen LogP contribution is 2.32. The second-order valence-electron chi connectivity index (χ2n) is 5.38. The molecule has 1 atom stereocenters. The molecule has 1 aromatic rings. The number of hydrogen-bond donors (Lipinski definition) is 0. The van der Waals surface area contributed by atoms with Crippen LogP contribution in [0.5, 0.6) is 0 Å². The van der Waals surface area contributed by atoms with Gasteiger partial charge in [-0.15, -0.1) is 0 Å². The van der Waals surface area contributed by atoms with Crippen LogP contribution in [-0.2, 0) is 0 Å². The number of rotatable bonds is 3. The number of hydrogen-bond acceptors (Lipinski definition) is 5. The number of anilines is 1.